The monoisotopic (exact) mass is 300 g/mol. The van der Waals surface area contributed by atoms with E-state index >= 15 is 0 Å². The number of pyridine rings is 1. The van der Waals surface area contributed by atoms with Gasteiger partial charge in [-0.2, -0.15) is 4.98 Å². The summed E-state index contributed by atoms with van der Waals surface area (Å²) in [6.07, 6.45) is 1.62. The van der Waals surface area contributed by atoms with E-state index in [4.69, 9.17) is 27.7 Å². The van der Waals surface area contributed by atoms with Crippen molar-refractivity contribution in [3.63, 3.8) is 0 Å². The molecule has 0 radical (unpaired) electrons. The van der Waals surface area contributed by atoms with Crippen LogP contribution >= 0.6 is 23.2 Å². The predicted octanol–water partition coefficient (Wildman–Crippen LogP) is 1.83. The molecule has 6 nitrogen and oxygen atoms in total. The fourth-order valence-electron chi connectivity index (χ4n) is 1.96. The van der Waals surface area contributed by atoms with E-state index in [0.29, 0.717) is 40.4 Å². The van der Waals surface area contributed by atoms with E-state index in [9.17, 15) is 5.11 Å². The van der Waals surface area contributed by atoms with Crippen LogP contribution in [0.25, 0.3) is 11.5 Å². The van der Waals surface area contributed by atoms with Crippen LogP contribution in [0.15, 0.2) is 16.8 Å². The summed E-state index contributed by atoms with van der Waals surface area (Å²) < 4.78 is 5.17. The van der Waals surface area contributed by atoms with Crippen molar-refractivity contribution >= 4 is 23.2 Å². The molecule has 0 aliphatic carbocycles. The molecule has 2 aromatic heterocycles. The zero-order valence-corrected chi connectivity index (χ0v) is 11.2. The molecular weight excluding hydrogens is 291 g/mol. The highest BCUT2D eigenvalue weighted by atomic mass is 35.5. The highest BCUT2D eigenvalue weighted by Crippen LogP contribution is 2.28. The van der Waals surface area contributed by atoms with Gasteiger partial charge in [0.1, 0.15) is 5.69 Å². The Labute approximate surface area is 118 Å². The first kappa shape index (κ1) is 12.8. The lowest BCUT2D eigenvalue weighted by Gasteiger charge is -2.01. The molecule has 19 heavy (non-hydrogen) atoms. The van der Waals surface area contributed by atoms with Gasteiger partial charge in [-0.15, -0.1) is 0 Å². The Morgan fingerprint density at radius 2 is 2.26 bits per heavy atom. The first-order valence-corrected chi connectivity index (χ1v) is 6.45. The smallest absolute Gasteiger partial charge is 0.244 e. The molecule has 0 saturated carbocycles. The molecule has 3 rings (SSSR count). The average molecular weight is 301 g/mol. The number of nitrogens with zero attached hydrogens (tertiary/aromatic N) is 3. The van der Waals surface area contributed by atoms with Crippen molar-refractivity contribution in [1.82, 2.24) is 20.4 Å². The number of nitrogens with one attached hydrogen (secondary N) is 1. The molecule has 1 unspecified atom stereocenters. The largest absolute Gasteiger partial charge is 0.392 e. The van der Waals surface area contributed by atoms with Crippen LogP contribution in [0, 0.1) is 0 Å². The van der Waals surface area contributed by atoms with Crippen LogP contribution in [-0.4, -0.2) is 32.9 Å². The van der Waals surface area contributed by atoms with Crippen LogP contribution in [0.3, 0.4) is 0 Å². The van der Waals surface area contributed by atoms with Gasteiger partial charge in [-0.1, -0.05) is 28.4 Å². The first-order chi connectivity index (χ1) is 9.13. The summed E-state index contributed by atoms with van der Waals surface area (Å²) in [5.74, 6) is 0.722. The number of aromatic nitrogens is 3. The summed E-state index contributed by atoms with van der Waals surface area (Å²) >= 11 is 11.8. The fourth-order valence-corrected chi connectivity index (χ4v) is 2.42. The highest BCUT2D eigenvalue weighted by Gasteiger charge is 2.28. The Bertz CT molecular complexity index is 604. The van der Waals surface area contributed by atoms with E-state index in [-0.39, 0.29) is 6.04 Å². The minimum absolute atomic E-state index is 0.137. The topological polar surface area (TPSA) is 84.1 Å². The van der Waals surface area contributed by atoms with E-state index in [1.165, 1.54) is 6.20 Å². The first-order valence-electron chi connectivity index (χ1n) is 5.70. The van der Waals surface area contributed by atoms with Crippen molar-refractivity contribution in [2.45, 2.75) is 18.6 Å². The summed E-state index contributed by atoms with van der Waals surface area (Å²) in [5.41, 5.74) is 0.416. The predicted molar refractivity (Wildman–Crippen MR) is 68.9 cm³/mol. The number of β-amino-alcohol motifs (C(OH)–C–C–N with tert-alkyl or cyclic N) is 1. The third-order valence-corrected chi connectivity index (χ3v) is 3.36. The molecule has 100 valence electrons. The van der Waals surface area contributed by atoms with Gasteiger partial charge < -0.3 is 14.9 Å². The lowest BCUT2D eigenvalue weighted by Crippen LogP contribution is -2.15. The molecule has 2 atom stereocenters. The van der Waals surface area contributed by atoms with Crippen LogP contribution in [0.1, 0.15) is 18.4 Å². The number of aliphatic hydroxyl groups is 1. The second-order valence-corrected chi connectivity index (χ2v) is 5.13. The zero-order chi connectivity index (χ0) is 13.4. The molecule has 8 heteroatoms. The van der Waals surface area contributed by atoms with Gasteiger partial charge in [-0.3, -0.25) is 0 Å². The minimum atomic E-state index is -0.391. The van der Waals surface area contributed by atoms with Gasteiger partial charge in [0.05, 0.1) is 22.2 Å². The molecule has 0 bridgehead atoms. The van der Waals surface area contributed by atoms with Crippen LogP contribution < -0.4 is 5.32 Å². The van der Waals surface area contributed by atoms with Gasteiger partial charge in [0.25, 0.3) is 0 Å². The molecular formula is C11H10Cl2N4O2. The van der Waals surface area contributed by atoms with Crippen LogP contribution in [0.2, 0.25) is 10.0 Å². The Morgan fingerprint density at radius 1 is 1.42 bits per heavy atom. The number of hydrogen-bond donors (Lipinski definition) is 2. The molecule has 1 aliphatic heterocycles. The minimum Gasteiger partial charge on any atom is -0.392 e. The molecule has 0 aromatic carbocycles. The SMILES string of the molecule is OC1CN[C@H](c2nc(-c3ncc(Cl)cc3Cl)no2)C1. The van der Waals surface area contributed by atoms with Crippen molar-refractivity contribution in [2.24, 2.45) is 0 Å². The normalized spacial score (nSPS) is 22.9. The van der Waals surface area contributed by atoms with Crippen molar-refractivity contribution < 1.29 is 9.63 Å². The molecule has 2 aromatic rings. The maximum absolute atomic E-state index is 9.46. The standard InChI is InChI=1S/C11H10Cl2N4O2/c12-5-1-7(13)9(15-3-5)10-16-11(19-17-10)8-2-6(18)4-14-8/h1,3,6,8,14,18H,2,4H2/t6?,8-/m0/s1. The van der Waals surface area contributed by atoms with Crippen molar-refractivity contribution in [1.29, 1.82) is 0 Å². The van der Waals surface area contributed by atoms with Crippen LogP contribution in [0.4, 0.5) is 0 Å². The Hall–Kier alpha value is -1.21. The van der Waals surface area contributed by atoms with Gasteiger partial charge in [-0.05, 0) is 12.5 Å². The third-order valence-electron chi connectivity index (χ3n) is 2.87. The van der Waals surface area contributed by atoms with Gasteiger partial charge in [0.15, 0.2) is 0 Å². The highest BCUT2D eigenvalue weighted by molar-refractivity contribution is 6.35. The molecule has 0 spiro atoms. The number of hydrogen-bond acceptors (Lipinski definition) is 6. The number of aliphatic hydroxyl groups excluding tert-OH is 1. The lowest BCUT2D eigenvalue weighted by molar-refractivity contribution is 0.191. The summed E-state index contributed by atoms with van der Waals surface area (Å²) in [4.78, 5) is 8.33. The van der Waals surface area contributed by atoms with E-state index in [1.54, 1.807) is 6.07 Å². The number of halogens is 2. The van der Waals surface area contributed by atoms with Crippen molar-refractivity contribution in [3.8, 4) is 11.5 Å². The Balaban J connectivity index is 1.88. The summed E-state index contributed by atoms with van der Waals surface area (Å²) in [5, 5.41) is 17.2. The van der Waals surface area contributed by atoms with E-state index < -0.39 is 6.10 Å². The van der Waals surface area contributed by atoms with E-state index in [0.717, 1.165) is 0 Å². The molecule has 2 N–H and O–H groups in total. The van der Waals surface area contributed by atoms with Crippen molar-refractivity contribution in [2.75, 3.05) is 6.54 Å². The van der Waals surface area contributed by atoms with Crippen LogP contribution in [-0.2, 0) is 0 Å². The number of rotatable bonds is 2. The van der Waals surface area contributed by atoms with Gasteiger partial charge in [-0.25, -0.2) is 4.98 Å². The maximum Gasteiger partial charge on any atom is 0.244 e. The van der Waals surface area contributed by atoms with E-state index in [2.05, 4.69) is 20.4 Å². The molecule has 0 amide bonds. The quantitative estimate of drug-likeness (QED) is 0.880. The molecule has 1 saturated heterocycles. The summed E-state index contributed by atoms with van der Waals surface area (Å²) in [6, 6.07) is 1.43. The van der Waals surface area contributed by atoms with Gasteiger partial charge >= 0.3 is 0 Å². The second kappa shape index (κ2) is 5.05. The van der Waals surface area contributed by atoms with E-state index in [1.807, 2.05) is 0 Å². The average Bonchev–Trinajstić information content (AvgIpc) is 2.97. The molecule has 3 heterocycles. The second-order valence-electron chi connectivity index (χ2n) is 4.29. The lowest BCUT2D eigenvalue weighted by atomic mass is 10.2. The third kappa shape index (κ3) is 2.57. The van der Waals surface area contributed by atoms with Gasteiger partial charge in [0.2, 0.25) is 11.7 Å². The van der Waals surface area contributed by atoms with Crippen LogP contribution in [0.5, 0.6) is 0 Å². The molecule has 1 aliphatic rings. The molecule has 1 fully saturated rings. The Kier molecular flexibility index (Phi) is 3.40. The summed E-state index contributed by atoms with van der Waals surface area (Å²) in [7, 11) is 0. The zero-order valence-electron chi connectivity index (χ0n) is 9.68. The van der Waals surface area contributed by atoms with Gasteiger partial charge in [0, 0.05) is 12.7 Å². The van der Waals surface area contributed by atoms with Crippen molar-refractivity contribution in [3.05, 3.63) is 28.2 Å². The fraction of sp³-hybridized carbons (Fsp3) is 0.364. The maximum atomic E-state index is 9.46. The summed E-state index contributed by atoms with van der Waals surface area (Å²) in [6.45, 7) is 0.516. The Morgan fingerprint density at radius 3 is 2.95 bits per heavy atom.